The molecule has 13 heteroatoms. The van der Waals surface area contributed by atoms with E-state index in [2.05, 4.69) is 37.4 Å². The Bertz CT molecular complexity index is 1420. The highest BCUT2D eigenvalue weighted by Gasteiger charge is 2.47. The molecule has 3 aliphatic rings. The highest BCUT2D eigenvalue weighted by Crippen LogP contribution is 2.50. The third-order valence-corrected chi connectivity index (χ3v) is 7.79. The molecule has 6 rings (SSSR count). The Balaban J connectivity index is 1.20. The van der Waals surface area contributed by atoms with Gasteiger partial charge in [-0.3, -0.25) is 9.59 Å². The maximum Gasteiger partial charge on any atom is 0.328 e. The highest BCUT2D eigenvalue weighted by atomic mass is 32.2. The van der Waals surface area contributed by atoms with Crippen molar-refractivity contribution in [1.82, 2.24) is 35.7 Å². The summed E-state index contributed by atoms with van der Waals surface area (Å²) in [6, 6.07) is 7.37. The van der Waals surface area contributed by atoms with Crippen LogP contribution in [0.1, 0.15) is 18.0 Å². The van der Waals surface area contributed by atoms with Crippen molar-refractivity contribution in [3.05, 3.63) is 67.1 Å². The first-order chi connectivity index (χ1) is 18.5. The fraction of sp³-hybridized carbons (Fsp3) is 0.240. The van der Waals surface area contributed by atoms with Crippen LogP contribution in [0, 0.1) is 0 Å². The fourth-order valence-electron chi connectivity index (χ4n) is 4.77. The second-order valence-corrected chi connectivity index (χ2v) is 9.98. The topological polar surface area (TPSA) is 143 Å². The van der Waals surface area contributed by atoms with Gasteiger partial charge in [-0.25, -0.2) is 19.7 Å². The van der Waals surface area contributed by atoms with Crippen LogP contribution >= 0.6 is 11.8 Å². The summed E-state index contributed by atoms with van der Waals surface area (Å²) in [7, 11) is 0. The maximum absolute atomic E-state index is 13.3. The van der Waals surface area contributed by atoms with Gasteiger partial charge in [-0.2, -0.15) is 5.10 Å². The van der Waals surface area contributed by atoms with E-state index in [9.17, 15) is 14.4 Å². The van der Waals surface area contributed by atoms with Crippen LogP contribution in [-0.2, 0) is 9.59 Å². The number of urea groups is 1. The summed E-state index contributed by atoms with van der Waals surface area (Å²) >= 11 is 1.31. The molecule has 0 saturated carbocycles. The number of nitrogens with one attached hydrogen (secondary N) is 2. The van der Waals surface area contributed by atoms with Crippen molar-refractivity contribution in [1.29, 1.82) is 0 Å². The zero-order valence-corrected chi connectivity index (χ0v) is 20.8. The minimum atomic E-state index is -0.593. The minimum Gasteiger partial charge on any atom is -0.436 e. The molecule has 0 aromatic carbocycles. The van der Waals surface area contributed by atoms with Gasteiger partial charge in [0.25, 0.3) is 0 Å². The van der Waals surface area contributed by atoms with E-state index in [4.69, 9.17) is 4.74 Å². The zero-order valence-electron chi connectivity index (χ0n) is 20.0. The molecule has 1 fully saturated rings. The number of nitrogens with zero attached hydrogens (tertiary/aromatic N) is 6. The summed E-state index contributed by atoms with van der Waals surface area (Å²) in [6.45, 7) is 4.51. The average molecular weight is 531 g/mol. The smallest absolute Gasteiger partial charge is 0.328 e. The Morgan fingerprint density at radius 1 is 1.21 bits per heavy atom. The minimum absolute atomic E-state index is 0.153. The molecule has 0 bridgehead atoms. The Hall–Kier alpha value is -4.52. The Morgan fingerprint density at radius 3 is 2.87 bits per heavy atom. The van der Waals surface area contributed by atoms with E-state index in [1.165, 1.54) is 28.9 Å². The highest BCUT2D eigenvalue weighted by molar-refractivity contribution is 8.01. The predicted molar refractivity (Wildman–Crippen MR) is 137 cm³/mol. The number of rotatable bonds is 6. The number of anilines is 2. The molecule has 2 unspecified atom stereocenters. The molecule has 3 aromatic rings. The first-order valence-electron chi connectivity index (χ1n) is 11.9. The van der Waals surface area contributed by atoms with E-state index < -0.39 is 17.3 Å². The number of aromatic nitrogens is 4. The maximum atomic E-state index is 13.3. The Labute approximate surface area is 221 Å². The molecule has 3 atom stereocenters. The predicted octanol–water partition coefficient (Wildman–Crippen LogP) is 2.34. The van der Waals surface area contributed by atoms with Crippen LogP contribution in [0.3, 0.4) is 0 Å². The van der Waals surface area contributed by atoms with E-state index in [1.54, 1.807) is 47.6 Å². The molecule has 3 aromatic heterocycles. The molecule has 0 spiro atoms. The van der Waals surface area contributed by atoms with Crippen molar-refractivity contribution >= 4 is 41.1 Å². The largest absolute Gasteiger partial charge is 0.436 e. The number of hydrogen-bond donors (Lipinski definition) is 2. The lowest BCUT2D eigenvalue weighted by molar-refractivity contribution is -0.126. The van der Waals surface area contributed by atoms with E-state index in [0.29, 0.717) is 47.7 Å². The van der Waals surface area contributed by atoms with E-state index >= 15 is 0 Å². The first kappa shape index (κ1) is 23.9. The van der Waals surface area contributed by atoms with E-state index in [1.807, 2.05) is 0 Å². The number of pyridine rings is 2. The SMILES string of the molecule is C=CC(=O)N1CCC(NC(=O)[C@@H]2Sc3nccc4c3C2NC(=O)N4c2ccc(Oc3cccnn3)cn2)C1. The fourth-order valence-corrected chi connectivity index (χ4v) is 6.01. The van der Waals surface area contributed by atoms with Gasteiger partial charge >= 0.3 is 6.03 Å². The lowest BCUT2D eigenvalue weighted by atomic mass is 10.00. The summed E-state index contributed by atoms with van der Waals surface area (Å²) in [4.78, 5) is 50.5. The number of carbonyl (C=O) groups excluding carboxylic acids is 3. The molecule has 4 amide bonds. The summed E-state index contributed by atoms with van der Waals surface area (Å²) in [5.74, 6) is 0.791. The molecular formula is C25H22N8O4S. The van der Waals surface area contributed by atoms with Crippen molar-refractivity contribution in [3.8, 4) is 11.6 Å². The lowest BCUT2D eigenvalue weighted by Crippen LogP contribution is -2.50. The molecule has 6 heterocycles. The van der Waals surface area contributed by atoms with E-state index in [0.717, 1.165) is 5.56 Å². The van der Waals surface area contributed by atoms with Gasteiger partial charge in [0.05, 0.1) is 17.9 Å². The van der Waals surface area contributed by atoms with Gasteiger partial charge in [0.2, 0.25) is 17.7 Å². The summed E-state index contributed by atoms with van der Waals surface area (Å²) < 4.78 is 5.64. The molecule has 12 nitrogen and oxygen atoms in total. The van der Waals surface area contributed by atoms with Crippen LogP contribution < -0.4 is 20.3 Å². The summed E-state index contributed by atoms with van der Waals surface area (Å²) in [6.07, 6.45) is 6.59. The number of carbonyl (C=O) groups is 3. The third kappa shape index (κ3) is 4.30. The Kier molecular flexibility index (Phi) is 6.12. The lowest BCUT2D eigenvalue weighted by Gasteiger charge is -2.33. The number of hydrogen-bond acceptors (Lipinski definition) is 9. The molecule has 38 heavy (non-hydrogen) atoms. The Morgan fingerprint density at radius 2 is 2.11 bits per heavy atom. The van der Waals surface area contributed by atoms with Crippen LogP contribution in [-0.4, -0.2) is 67.3 Å². The van der Waals surface area contributed by atoms with Crippen molar-refractivity contribution in [2.75, 3.05) is 18.0 Å². The number of ether oxygens (including phenoxy) is 1. The summed E-state index contributed by atoms with van der Waals surface area (Å²) in [5.41, 5.74) is 1.39. The van der Waals surface area contributed by atoms with Gasteiger partial charge in [-0.05, 0) is 36.8 Å². The zero-order chi connectivity index (χ0) is 26.2. The molecule has 3 aliphatic heterocycles. The normalized spacial score (nSPS) is 21.5. The first-order valence-corrected chi connectivity index (χ1v) is 12.8. The van der Waals surface area contributed by atoms with Crippen LogP contribution in [0.25, 0.3) is 0 Å². The van der Waals surface area contributed by atoms with Gasteiger partial charge in [0, 0.05) is 43.2 Å². The number of thioether (sulfide) groups is 1. The van der Waals surface area contributed by atoms with Crippen LogP contribution in [0.4, 0.5) is 16.3 Å². The monoisotopic (exact) mass is 530 g/mol. The summed E-state index contributed by atoms with van der Waals surface area (Å²) in [5, 5.41) is 13.8. The van der Waals surface area contributed by atoms with Crippen LogP contribution in [0.5, 0.6) is 11.6 Å². The van der Waals surface area contributed by atoms with E-state index in [-0.39, 0.29) is 17.9 Å². The molecule has 0 aliphatic carbocycles. The van der Waals surface area contributed by atoms with Gasteiger partial charge < -0.3 is 20.3 Å². The van der Waals surface area contributed by atoms with Crippen molar-refractivity contribution in [2.24, 2.45) is 0 Å². The molecule has 1 saturated heterocycles. The second kappa shape index (κ2) is 9.74. The van der Waals surface area contributed by atoms with Crippen LogP contribution in [0.2, 0.25) is 0 Å². The standard InChI is InChI=1S/C25H22N8O4S/c1-2-19(34)32-11-8-14(13-32)29-23(35)22-21-20-16(7-10-26-24(20)38-22)33(25(36)30-21)17-6-5-15(12-27-17)37-18-4-3-9-28-31-18/h2-7,9-10,12,14,21-22H,1,8,11,13H2,(H,29,35)(H,30,36)/t14?,21?,22-/m1/s1. The quantitative estimate of drug-likeness (QED) is 0.459. The second-order valence-electron chi connectivity index (χ2n) is 8.85. The van der Waals surface area contributed by atoms with Crippen LogP contribution in [0.15, 0.2) is 66.6 Å². The van der Waals surface area contributed by atoms with Gasteiger partial charge in [-0.15, -0.1) is 5.10 Å². The number of amides is 4. The molecule has 0 radical (unpaired) electrons. The van der Waals surface area contributed by atoms with Crippen molar-refractivity contribution in [3.63, 3.8) is 0 Å². The van der Waals surface area contributed by atoms with Crippen molar-refractivity contribution < 1.29 is 19.1 Å². The molecule has 192 valence electrons. The van der Waals surface area contributed by atoms with Gasteiger partial charge in [0.15, 0.2) is 0 Å². The molecule has 2 N–H and O–H groups in total. The van der Waals surface area contributed by atoms with Crippen molar-refractivity contribution in [2.45, 2.75) is 28.8 Å². The van der Waals surface area contributed by atoms with Gasteiger partial charge in [0.1, 0.15) is 21.8 Å². The third-order valence-electron chi connectivity index (χ3n) is 6.51. The van der Waals surface area contributed by atoms with Gasteiger partial charge in [-0.1, -0.05) is 18.3 Å². The average Bonchev–Trinajstić information content (AvgIpc) is 3.55. The molecular weight excluding hydrogens is 508 g/mol. The number of likely N-dealkylation sites (tertiary alicyclic amines) is 1.